The molecule has 0 aliphatic rings. The minimum atomic E-state index is -5.17. The van der Waals surface area contributed by atoms with Crippen molar-refractivity contribution in [2.45, 2.75) is 13.8 Å². The van der Waals surface area contributed by atoms with Gasteiger partial charge < -0.3 is 13.6 Å². The summed E-state index contributed by atoms with van der Waals surface area (Å²) in [6.07, 6.45) is 0. The summed E-state index contributed by atoms with van der Waals surface area (Å²) in [5.41, 5.74) is 2.78. The Morgan fingerprint density at radius 2 is 1.71 bits per heavy atom. The van der Waals surface area contributed by atoms with Crippen LogP contribution in [0.3, 0.4) is 0 Å². The first-order valence-electron chi connectivity index (χ1n) is 6.81. The largest absolute Gasteiger partial charge is 0.759 e. The summed E-state index contributed by atoms with van der Waals surface area (Å²) in [4.78, 5) is 1.58. The highest BCUT2D eigenvalue weighted by molar-refractivity contribution is 7.79. The molecule has 0 aliphatic heterocycles. The molecule has 0 radical (unpaired) electrons. The third kappa shape index (κ3) is 12.5. The first-order chi connectivity index (χ1) is 9.42. The van der Waals surface area contributed by atoms with Crippen molar-refractivity contribution in [3.05, 3.63) is 29.8 Å². The van der Waals surface area contributed by atoms with Crippen molar-refractivity contribution in [2.24, 2.45) is 0 Å². The summed E-state index contributed by atoms with van der Waals surface area (Å²) in [6.45, 7) is 7.98. The van der Waals surface area contributed by atoms with E-state index >= 15 is 0 Å². The quantitative estimate of drug-likeness (QED) is 0.467. The number of quaternary nitrogens is 2. The van der Waals surface area contributed by atoms with Gasteiger partial charge in [0.1, 0.15) is 18.8 Å². The van der Waals surface area contributed by atoms with Gasteiger partial charge in [-0.2, -0.15) is 0 Å². The van der Waals surface area contributed by atoms with E-state index in [1.807, 2.05) is 0 Å². The molecule has 0 saturated heterocycles. The number of nitrogens with zero attached hydrogens (tertiary/aromatic N) is 1. The molecule has 1 aromatic rings. The number of benzene rings is 1. The molecule has 0 amide bonds. The SMILES string of the molecule is CC[NH+](CC[N+](C)(C)C)c1cccc(C)c1.O=S(=O)([O-])[O-]. The summed E-state index contributed by atoms with van der Waals surface area (Å²) < 4.78 is 35.1. The molecule has 0 bridgehead atoms. The molecule has 1 unspecified atom stereocenters. The van der Waals surface area contributed by atoms with Crippen LogP contribution >= 0.6 is 0 Å². The maximum absolute atomic E-state index is 8.52. The Hall–Kier alpha value is -0.990. The molecular weight excluding hydrogens is 292 g/mol. The number of hydrogen-bond acceptors (Lipinski definition) is 4. The van der Waals surface area contributed by atoms with Crippen LogP contribution in [0.25, 0.3) is 0 Å². The summed E-state index contributed by atoms with van der Waals surface area (Å²) in [5.74, 6) is 0. The fraction of sp³-hybridized carbons (Fsp3) is 0.571. The van der Waals surface area contributed by atoms with Crippen LogP contribution in [-0.4, -0.2) is 62.8 Å². The predicted octanol–water partition coefficient (Wildman–Crippen LogP) is -0.100. The van der Waals surface area contributed by atoms with Gasteiger partial charge in [0.2, 0.25) is 0 Å². The van der Waals surface area contributed by atoms with Gasteiger partial charge in [-0.05, 0) is 25.5 Å². The van der Waals surface area contributed by atoms with E-state index in [0.29, 0.717) is 0 Å². The summed E-state index contributed by atoms with van der Waals surface area (Å²) >= 11 is 0. The molecule has 7 heteroatoms. The molecule has 0 aliphatic carbocycles. The molecule has 1 N–H and O–H groups in total. The van der Waals surface area contributed by atoms with E-state index in [2.05, 4.69) is 59.3 Å². The van der Waals surface area contributed by atoms with Crippen LogP contribution in [0, 0.1) is 6.92 Å². The van der Waals surface area contributed by atoms with Gasteiger partial charge >= 0.3 is 0 Å². The molecule has 21 heavy (non-hydrogen) atoms. The zero-order chi connectivity index (χ0) is 16.7. The average molecular weight is 318 g/mol. The second-order valence-electron chi connectivity index (χ2n) is 6.00. The van der Waals surface area contributed by atoms with Crippen LogP contribution in [0.5, 0.6) is 0 Å². The number of rotatable bonds is 5. The lowest BCUT2D eigenvalue weighted by molar-refractivity contribution is -0.912. The molecule has 6 nitrogen and oxygen atoms in total. The molecule has 1 rings (SSSR count). The van der Waals surface area contributed by atoms with Crippen LogP contribution in [0.1, 0.15) is 12.5 Å². The Bertz CT molecular complexity index is 516. The Balaban J connectivity index is 0.000000690. The van der Waals surface area contributed by atoms with E-state index in [1.165, 1.54) is 24.3 Å². The lowest BCUT2D eigenvalue weighted by Gasteiger charge is -2.26. The topological polar surface area (TPSA) is 84.7 Å². The average Bonchev–Trinajstić information content (AvgIpc) is 2.26. The van der Waals surface area contributed by atoms with Gasteiger partial charge in [0.15, 0.2) is 0 Å². The first kappa shape index (κ1) is 20.0. The van der Waals surface area contributed by atoms with Gasteiger partial charge in [0, 0.05) is 16.5 Å². The van der Waals surface area contributed by atoms with Crippen LogP contribution in [-0.2, 0) is 10.4 Å². The highest BCUT2D eigenvalue weighted by atomic mass is 32.3. The van der Waals surface area contributed by atoms with Crippen molar-refractivity contribution >= 4 is 16.1 Å². The molecule has 122 valence electrons. The zero-order valence-corrected chi connectivity index (χ0v) is 14.2. The highest BCUT2D eigenvalue weighted by Gasteiger charge is 2.15. The summed E-state index contributed by atoms with van der Waals surface area (Å²) in [7, 11) is 1.59. The third-order valence-electron chi connectivity index (χ3n) is 2.94. The summed E-state index contributed by atoms with van der Waals surface area (Å²) in [6, 6.07) is 8.86. The van der Waals surface area contributed by atoms with E-state index < -0.39 is 10.4 Å². The fourth-order valence-corrected chi connectivity index (χ4v) is 1.86. The van der Waals surface area contributed by atoms with Crippen LogP contribution in [0.2, 0.25) is 0 Å². The number of nitrogens with one attached hydrogen (secondary N) is 1. The predicted molar refractivity (Wildman–Crippen MR) is 80.6 cm³/mol. The Morgan fingerprint density at radius 3 is 2.10 bits per heavy atom. The van der Waals surface area contributed by atoms with Crippen LogP contribution in [0.15, 0.2) is 24.3 Å². The van der Waals surface area contributed by atoms with E-state index in [-0.39, 0.29) is 0 Å². The van der Waals surface area contributed by atoms with Gasteiger partial charge in [0.05, 0.1) is 27.7 Å². The smallest absolute Gasteiger partial charge is 0.132 e. The van der Waals surface area contributed by atoms with Crippen molar-refractivity contribution in [1.29, 1.82) is 0 Å². The molecule has 1 aromatic carbocycles. The second kappa shape index (κ2) is 8.45. The number of likely N-dealkylation sites (N-methyl/N-ethyl adjacent to an activating group) is 2. The van der Waals surface area contributed by atoms with Gasteiger partial charge in [-0.25, -0.2) is 0 Å². The standard InChI is InChI=1S/C14H25N2.H2O4S/c1-6-15(10-11-16(3,4)5)14-9-7-8-13(2)12-14;1-5(2,3)4/h7-9,12H,6,10-11H2,1-5H3;(H2,1,2,3,4)/q+1;/p-1. The molecule has 0 spiro atoms. The van der Waals surface area contributed by atoms with Crippen molar-refractivity contribution in [3.63, 3.8) is 0 Å². The number of aryl methyl sites for hydroxylation is 1. The minimum Gasteiger partial charge on any atom is -0.759 e. The maximum atomic E-state index is 8.52. The van der Waals surface area contributed by atoms with E-state index in [4.69, 9.17) is 17.5 Å². The minimum absolute atomic E-state index is 1.04. The van der Waals surface area contributed by atoms with Crippen LogP contribution in [0.4, 0.5) is 5.69 Å². The lowest BCUT2D eigenvalue weighted by atomic mass is 10.2. The Morgan fingerprint density at radius 1 is 1.19 bits per heavy atom. The van der Waals surface area contributed by atoms with Gasteiger partial charge in [-0.1, -0.05) is 12.1 Å². The first-order valence-corrected chi connectivity index (χ1v) is 8.14. The molecular formula is C14H26N2O4S. The van der Waals surface area contributed by atoms with Crippen LogP contribution < -0.4 is 4.90 Å². The fourth-order valence-electron chi connectivity index (χ4n) is 1.86. The zero-order valence-electron chi connectivity index (χ0n) is 13.4. The van der Waals surface area contributed by atoms with Gasteiger partial charge in [-0.3, -0.25) is 13.3 Å². The van der Waals surface area contributed by atoms with E-state index in [0.717, 1.165) is 11.0 Å². The molecule has 1 atom stereocenters. The Kier molecular flexibility index (Phi) is 8.05. The van der Waals surface area contributed by atoms with E-state index in [9.17, 15) is 0 Å². The van der Waals surface area contributed by atoms with Crippen molar-refractivity contribution in [1.82, 2.24) is 0 Å². The molecule has 0 heterocycles. The Labute approximate surface area is 128 Å². The third-order valence-corrected chi connectivity index (χ3v) is 2.94. The monoisotopic (exact) mass is 318 g/mol. The maximum Gasteiger partial charge on any atom is 0.132 e. The van der Waals surface area contributed by atoms with Gasteiger partial charge in [0.25, 0.3) is 0 Å². The molecule has 0 fully saturated rings. The van der Waals surface area contributed by atoms with Crippen molar-refractivity contribution in [3.8, 4) is 0 Å². The van der Waals surface area contributed by atoms with Crippen molar-refractivity contribution in [2.75, 3.05) is 40.8 Å². The highest BCUT2D eigenvalue weighted by Crippen LogP contribution is 2.04. The normalized spacial score (nSPS) is 13.3. The summed E-state index contributed by atoms with van der Waals surface area (Å²) in [5, 5.41) is 0. The second-order valence-corrected chi connectivity index (χ2v) is 6.82. The van der Waals surface area contributed by atoms with Crippen molar-refractivity contribution < 1.29 is 26.9 Å². The molecule has 0 aromatic heterocycles. The number of hydrogen-bond donors (Lipinski definition) is 1. The van der Waals surface area contributed by atoms with E-state index in [1.54, 1.807) is 4.90 Å². The lowest BCUT2D eigenvalue weighted by Crippen LogP contribution is -3.07. The van der Waals surface area contributed by atoms with Gasteiger partial charge in [-0.15, -0.1) is 0 Å². The molecule has 0 saturated carbocycles.